The summed E-state index contributed by atoms with van der Waals surface area (Å²) in [6.07, 6.45) is 3.45. The van der Waals surface area contributed by atoms with Crippen molar-refractivity contribution >= 4 is 52.4 Å². The summed E-state index contributed by atoms with van der Waals surface area (Å²) in [6, 6.07) is 13.6. The summed E-state index contributed by atoms with van der Waals surface area (Å²) in [5, 5.41) is 26.2. The highest BCUT2D eigenvalue weighted by atomic mass is 35.5. The first kappa shape index (κ1) is 36.9. The molecule has 0 aromatic heterocycles. The number of rotatable bonds is 9. The molecule has 4 atom stereocenters. The molecule has 3 aromatic rings. The summed E-state index contributed by atoms with van der Waals surface area (Å²) in [4.78, 5) is 40.3. The summed E-state index contributed by atoms with van der Waals surface area (Å²) in [7, 11) is 1.39. The lowest BCUT2D eigenvalue weighted by atomic mass is 9.63. The van der Waals surface area contributed by atoms with Crippen LogP contribution in [0.1, 0.15) is 80.3 Å². The number of carbonyl (C=O) groups excluding carboxylic acids is 1. The summed E-state index contributed by atoms with van der Waals surface area (Å²) in [5.41, 5.74) is 1.40. The maximum atomic E-state index is 16.4. The number of carboxylic acids is 2. The van der Waals surface area contributed by atoms with Crippen LogP contribution in [-0.4, -0.2) is 60.3 Å². The van der Waals surface area contributed by atoms with Gasteiger partial charge in [-0.05, 0) is 97.0 Å². The Morgan fingerprint density at radius 1 is 1.04 bits per heavy atom. The number of hydrogen-bond acceptors (Lipinski definition) is 6. The van der Waals surface area contributed by atoms with Crippen LogP contribution in [0.5, 0.6) is 5.75 Å². The van der Waals surface area contributed by atoms with Crippen LogP contribution in [0.3, 0.4) is 0 Å². The largest absolute Gasteiger partial charge is 0.495 e. The van der Waals surface area contributed by atoms with Crippen LogP contribution < -0.4 is 20.3 Å². The number of methoxy groups -OCH3 is 1. The van der Waals surface area contributed by atoms with Crippen LogP contribution in [0.2, 0.25) is 10.0 Å². The van der Waals surface area contributed by atoms with Crippen LogP contribution >= 0.6 is 23.2 Å². The monoisotopic (exact) mass is 739 g/mol. The Bertz CT molecular complexity index is 1840. The topological polar surface area (TPSA) is 128 Å². The first-order valence-corrected chi connectivity index (χ1v) is 18.1. The Hall–Kier alpha value is -3.86. The smallest absolute Gasteiger partial charge is 0.335 e. The normalized spacial score (nSPS) is 25.9. The van der Waals surface area contributed by atoms with E-state index in [0.717, 1.165) is 24.1 Å². The van der Waals surface area contributed by atoms with Gasteiger partial charge >= 0.3 is 11.9 Å². The van der Waals surface area contributed by atoms with Gasteiger partial charge in [-0.3, -0.25) is 9.59 Å². The van der Waals surface area contributed by atoms with E-state index < -0.39 is 41.0 Å². The number of fused-ring (bicyclic) bond motifs is 2. The molecule has 51 heavy (non-hydrogen) atoms. The van der Waals surface area contributed by atoms with Crippen LogP contribution in [0, 0.1) is 23.1 Å². The number of aromatic carboxylic acids is 1. The molecule has 3 aromatic carbocycles. The molecule has 2 heterocycles. The summed E-state index contributed by atoms with van der Waals surface area (Å²) in [5.74, 6) is -3.57. The number of ether oxygens (including phenoxy) is 1. The summed E-state index contributed by atoms with van der Waals surface area (Å²) in [6.45, 7) is 7.54. The molecule has 9 nitrogen and oxygen atoms in total. The van der Waals surface area contributed by atoms with Gasteiger partial charge in [-0.2, -0.15) is 0 Å². The fraction of sp³-hybridized carbons (Fsp3) is 0.462. The second kappa shape index (κ2) is 14.3. The molecule has 1 aliphatic carbocycles. The summed E-state index contributed by atoms with van der Waals surface area (Å²) < 4.78 is 21.9. The number of benzene rings is 3. The van der Waals surface area contributed by atoms with Gasteiger partial charge in [-0.15, -0.1) is 0 Å². The maximum absolute atomic E-state index is 16.4. The van der Waals surface area contributed by atoms with Crippen molar-refractivity contribution < 1.29 is 33.7 Å². The Kier molecular flexibility index (Phi) is 10.3. The highest BCUT2D eigenvalue weighted by molar-refractivity contribution is 6.31. The van der Waals surface area contributed by atoms with Gasteiger partial charge in [0.1, 0.15) is 11.6 Å². The van der Waals surface area contributed by atoms with E-state index in [9.17, 15) is 24.6 Å². The molecule has 0 unspecified atom stereocenters. The SMILES string of the molecule is COc1cc(C(=O)O)ccc1NC(=O)[C@@H]1N[C@@H](CC(C)(C)C)[C@@]2(CN(CC3CCC(C(=O)O)CC3)c3ccc(Cl)cc32)[C@H]1c1cccc(Cl)c1F. The molecule has 1 saturated carbocycles. The third-order valence-corrected chi connectivity index (χ3v) is 11.5. The first-order valence-electron chi connectivity index (χ1n) is 17.3. The lowest BCUT2D eigenvalue weighted by Crippen LogP contribution is -2.48. The van der Waals surface area contributed by atoms with Gasteiger partial charge in [0, 0.05) is 41.2 Å². The van der Waals surface area contributed by atoms with E-state index in [-0.39, 0.29) is 45.3 Å². The predicted octanol–water partition coefficient (Wildman–Crippen LogP) is 7.99. The number of carboxylic acid groups (broad SMARTS) is 2. The minimum atomic E-state index is -1.13. The van der Waals surface area contributed by atoms with Gasteiger partial charge in [-0.1, -0.05) is 56.1 Å². The second-order valence-electron chi connectivity index (χ2n) is 15.4. The molecular formula is C39H44Cl2FN3O6. The average Bonchev–Trinajstić information content (AvgIpc) is 3.55. The highest BCUT2D eigenvalue weighted by Gasteiger charge is 2.63. The van der Waals surface area contributed by atoms with E-state index in [0.29, 0.717) is 42.9 Å². The molecule has 2 aliphatic heterocycles. The van der Waals surface area contributed by atoms with Crippen molar-refractivity contribution in [2.45, 2.75) is 76.3 Å². The Morgan fingerprint density at radius 2 is 1.76 bits per heavy atom. The van der Waals surface area contributed by atoms with Crippen LogP contribution in [-0.2, 0) is 15.0 Å². The quantitative estimate of drug-likeness (QED) is 0.174. The number of nitrogens with zero attached hydrogens (tertiary/aromatic N) is 1. The third kappa shape index (κ3) is 7.15. The van der Waals surface area contributed by atoms with Crippen molar-refractivity contribution in [3.05, 3.63) is 87.2 Å². The first-order chi connectivity index (χ1) is 24.1. The number of halogens is 3. The van der Waals surface area contributed by atoms with Crippen LogP contribution in [0.15, 0.2) is 54.6 Å². The van der Waals surface area contributed by atoms with E-state index in [2.05, 4.69) is 36.3 Å². The number of hydrogen-bond donors (Lipinski definition) is 4. The standard InChI is InChI=1S/C39H44Cl2FN3O6/c1-38(2,3)18-31-39(20-45(29-15-13-24(40)17-26(29)39)19-21-8-10-22(11-9-21)36(47)48)32(25-6-5-7-27(41)33(25)42)34(44-31)35(46)43-28-14-12-23(37(49)50)16-30(28)51-4/h5-7,12-17,21-22,31-32,34,44H,8-11,18-20H2,1-4H3,(H,43,46)(H,47,48)(H,49,50)/t21?,22?,31-,32-,34+,39-/m0/s1. The zero-order chi connectivity index (χ0) is 36.8. The minimum Gasteiger partial charge on any atom is -0.495 e. The maximum Gasteiger partial charge on any atom is 0.335 e. The van der Waals surface area contributed by atoms with Gasteiger partial charge in [0.2, 0.25) is 5.91 Å². The molecule has 1 spiro atoms. The Labute approximate surface area is 307 Å². The Balaban J connectivity index is 1.48. The van der Waals surface area contributed by atoms with Gasteiger partial charge in [0.05, 0.1) is 35.3 Å². The van der Waals surface area contributed by atoms with Crippen LogP contribution in [0.25, 0.3) is 0 Å². The highest BCUT2D eigenvalue weighted by Crippen LogP contribution is 2.58. The van der Waals surface area contributed by atoms with Gasteiger partial charge in [0.15, 0.2) is 0 Å². The van der Waals surface area contributed by atoms with E-state index in [1.807, 2.05) is 18.2 Å². The molecule has 6 rings (SSSR count). The van der Waals surface area contributed by atoms with Crippen molar-refractivity contribution in [3.8, 4) is 5.75 Å². The molecule has 3 aliphatic rings. The van der Waals surface area contributed by atoms with Crippen LogP contribution in [0.4, 0.5) is 15.8 Å². The molecule has 272 valence electrons. The fourth-order valence-electron chi connectivity index (χ4n) is 8.69. The van der Waals surface area contributed by atoms with E-state index in [1.54, 1.807) is 12.1 Å². The second-order valence-corrected chi connectivity index (χ2v) is 16.3. The summed E-state index contributed by atoms with van der Waals surface area (Å²) >= 11 is 13.2. The van der Waals surface area contributed by atoms with Crippen molar-refractivity contribution in [1.82, 2.24) is 5.32 Å². The van der Waals surface area contributed by atoms with E-state index >= 15 is 4.39 Å². The number of aliphatic carboxylic acids is 1. The molecule has 4 N–H and O–H groups in total. The molecule has 0 radical (unpaired) electrons. The lowest BCUT2D eigenvalue weighted by Gasteiger charge is -2.41. The Morgan fingerprint density at radius 3 is 2.41 bits per heavy atom. The van der Waals surface area contributed by atoms with Crippen molar-refractivity contribution in [3.63, 3.8) is 0 Å². The number of nitrogens with one attached hydrogen (secondary N) is 2. The van der Waals surface area contributed by atoms with E-state index in [1.165, 1.54) is 31.4 Å². The molecular weight excluding hydrogens is 696 g/mol. The molecule has 2 fully saturated rings. The average molecular weight is 741 g/mol. The molecule has 12 heteroatoms. The zero-order valence-electron chi connectivity index (χ0n) is 29.1. The van der Waals surface area contributed by atoms with Gasteiger partial charge < -0.3 is 30.5 Å². The zero-order valence-corrected chi connectivity index (χ0v) is 30.7. The van der Waals surface area contributed by atoms with E-state index in [4.69, 9.17) is 27.9 Å². The predicted molar refractivity (Wildman–Crippen MR) is 196 cm³/mol. The third-order valence-electron chi connectivity index (χ3n) is 10.9. The van der Waals surface area contributed by atoms with Gasteiger partial charge in [-0.25, -0.2) is 9.18 Å². The van der Waals surface area contributed by atoms with Crippen molar-refractivity contribution in [2.24, 2.45) is 17.3 Å². The molecule has 0 bridgehead atoms. The lowest BCUT2D eigenvalue weighted by molar-refractivity contribution is -0.143. The van der Waals surface area contributed by atoms with Crippen molar-refractivity contribution in [1.29, 1.82) is 0 Å². The fourth-order valence-corrected chi connectivity index (χ4v) is 9.04. The number of anilines is 2. The van der Waals surface area contributed by atoms with Crippen molar-refractivity contribution in [2.75, 3.05) is 30.4 Å². The number of amides is 1. The molecule has 1 amide bonds. The molecule has 1 saturated heterocycles. The minimum absolute atomic E-state index is 0.00268. The van der Waals surface area contributed by atoms with Gasteiger partial charge in [0.25, 0.3) is 0 Å². The number of carbonyl (C=O) groups is 3.